The third-order valence-corrected chi connectivity index (χ3v) is 5.97. The average Bonchev–Trinajstić information content (AvgIpc) is 3.40. The molecule has 2 aliphatic rings. The van der Waals surface area contributed by atoms with Crippen LogP contribution in [-0.4, -0.2) is 61.0 Å². The molecule has 1 saturated heterocycles. The lowest BCUT2D eigenvalue weighted by Crippen LogP contribution is -2.36. The molecule has 0 spiro atoms. The minimum Gasteiger partial charge on any atom is -0.497 e. The Balaban J connectivity index is 1.62. The number of methoxy groups -OCH3 is 2. The maximum atomic E-state index is 13.3. The Morgan fingerprint density at radius 3 is 2.55 bits per heavy atom. The quantitative estimate of drug-likeness (QED) is 0.657. The van der Waals surface area contributed by atoms with E-state index < -0.39 is 6.03 Å². The lowest BCUT2D eigenvalue weighted by atomic mass is 10.2. The van der Waals surface area contributed by atoms with E-state index in [1.807, 2.05) is 12.1 Å². The van der Waals surface area contributed by atoms with Crippen molar-refractivity contribution < 1.29 is 23.9 Å². The van der Waals surface area contributed by atoms with Gasteiger partial charge < -0.3 is 14.8 Å². The lowest BCUT2D eigenvalue weighted by Gasteiger charge is -2.19. The van der Waals surface area contributed by atoms with E-state index in [1.54, 1.807) is 56.7 Å². The topological polar surface area (TPSA) is 101 Å². The van der Waals surface area contributed by atoms with Crippen LogP contribution in [0.3, 0.4) is 0 Å². The number of amides is 4. The number of thioether (sulfide) groups is 1. The Morgan fingerprint density at radius 2 is 1.88 bits per heavy atom. The molecule has 2 aromatic carbocycles. The molecule has 4 rings (SSSR count). The van der Waals surface area contributed by atoms with Crippen LogP contribution < -0.4 is 19.7 Å². The average molecular weight is 467 g/mol. The van der Waals surface area contributed by atoms with Gasteiger partial charge in [-0.1, -0.05) is 30.0 Å². The first-order chi connectivity index (χ1) is 16.0. The molecule has 10 heteroatoms. The van der Waals surface area contributed by atoms with Gasteiger partial charge in [0, 0.05) is 19.2 Å². The van der Waals surface area contributed by atoms with Gasteiger partial charge in [-0.25, -0.2) is 9.79 Å². The summed E-state index contributed by atoms with van der Waals surface area (Å²) in [5.41, 5.74) is 1.58. The van der Waals surface area contributed by atoms with Crippen molar-refractivity contribution in [3.8, 4) is 11.5 Å². The SMILES string of the molecule is COc1ccc(/C=C2/N=C(SCC(=O)N3CCNC3=O)N(c3cccc(OC)c3)C2=O)cc1. The van der Waals surface area contributed by atoms with Gasteiger partial charge >= 0.3 is 6.03 Å². The van der Waals surface area contributed by atoms with Crippen LogP contribution in [0.15, 0.2) is 59.2 Å². The summed E-state index contributed by atoms with van der Waals surface area (Å²) in [5.74, 6) is 0.589. The summed E-state index contributed by atoms with van der Waals surface area (Å²) in [6.07, 6.45) is 1.68. The summed E-state index contributed by atoms with van der Waals surface area (Å²) in [4.78, 5) is 44.7. The zero-order valence-corrected chi connectivity index (χ0v) is 18.9. The minimum absolute atomic E-state index is 0.0319. The fourth-order valence-electron chi connectivity index (χ4n) is 3.34. The molecule has 4 amide bonds. The van der Waals surface area contributed by atoms with Gasteiger partial charge in [0.2, 0.25) is 5.91 Å². The number of hydrogen-bond acceptors (Lipinski definition) is 7. The molecule has 170 valence electrons. The Labute approximate surface area is 195 Å². The summed E-state index contributed by atoms with van der Waals surface area (Å²) in [6, 6.07) is 13.9. The molecule has 0 saturated carbocycles. The molecular formula is C23H22N4O5S. The van der Waals surface area contributed by atoms with Gasteiger partial charge in [0.25, 0.3) is 5.91 Å². The van der Waals surface area contributed by atoms with Gasteiger partial charge in [-0.3, -0.25) is 19.4 Å². The van der Waals surface area contributed by atoms with Gasteiger partial charge in [0.05, 0.1) is 25.7 Å². The fraction of sp³-hybridized carbons (Fsp3) is 0.217. The first kappa shape index (κ1) is 22.4. The normalized spacial score (nSPS) is 16.8. The van der Waals surface area contributed by atoms with E-state index in [4.69, 9.17) is 9.47 Å². The van der Waals surface area contributed by atoms with E-state index in [2.05, 4.69) is 10.3 Å². The van der Waals surface area contributed by atoms with E-state index in [0.717, 1.165) is 22.2 Å². The van der Waals surface area contributed by atoms with E-state index in [0.29, 0.717) is 35.4 Å². The minimum atomic E-state index is -0.408. The Kier molecular flexibility index (Phi) is 6.64. The van der Waals surface area contributed by atoms with E-state index in [1.165, 1.54) is 4.90 Å². The number of amidine groups is 1. The van der Waals surface area contributed by atoms with Crippen LogP contribution in [0.5, 0.6) is 11.5 Å². The van der Waals surface area contributed by atoms with E-state index in [9.17, 15) is 14.4 Å². The fourth-order valence-corrected chi connectivity index (χ4v) is 4.23. The van der Waals surface area contributed by atoms with Crippen LogP contribution in [-0.2, 0) is 9.59 Å². The number of carbonyl (C=O) groups is 3. The molecule has 9 nitrogen and oxygen atoms in total. The molecule has 1 N–H and O–H groups in total. The zero-order chi connectivity index (χ0) is 23.4. The molecule has 1 fully saturated rings. The first-order valence-corrected chi connectivity index (χ1v) is 11.1. The highest BCUT2D eigenvalue weighted by molar-refractivity contribution is 8.14. The van der Waals surface area contributed by atoms with Gasteiger partial charge in [0.15, 0.2) is 5.17 Å². The Bertz CT molecular complexity index is 1150. The van der Waals surface area contributed by atoms with Crippen molar-refractivity contribution in [1.82, 2.24) is 10.2 Å². The van der Waals surface area contributed by atoms with Crippen molar-refractivity contribution in [2.24, 2.45) is 4.99 Å². The third kappa shape index (κ3) is 4.85. The van der Waals surface area contributed by atoms with Crippen LogP contribution in [0, 0.1) is 0 Å². The maximum absolute atomic E-state index is 13.3. The van der Waals surface area contributed by atoms with Crippen molar-refractivity contribution in [3.05, 3.63) is 59.8 Å². The number of rotatable bonds is 6. The van der Waals surface area contributed by atoms with Gasteiger partial charge in [-0.15, -0.1) is 0 Å². The molecule has 0 unspecified atom stereocenters. The largest absolute Gasteiger partial charge is 0.497 e. The molecule has 2 heterocycles. The van der Waals surface area contributed by atoms with Crippen molar-refractivity contribution in [3.63, 3.8) is 0 Å². The number of imide groups is 1. The van der Waals surface area contributed by atoms with Crippen LogP contribution >= 0.6 is 11.8 Å². The molecule has 33 heavy (non-hydrogen) atoms. The second-order valence-corrected chi connectivity index (χ2v) is 8.05. The standard InChI is InChI=1S/C23H22N4O5S/c1-31-17-8-6-15(7-9-17)12-19-21(29)27(16-4-3-5-18(13-16)32-2)23(25-19)33-14-20(28)26-11-10-24-22(26)30/h3-9,12-13H,10-11,14H2,1-2H3,(H,24,30)/b19-12+. The molecule has 0 atom stereocenters. The van der Waals surface area contributed by atoms with E-state index in [-0.39, 0.29) is 23.3 Å². The molecule has 2 aromatic rings. The highest BCUT2D eigenvalue weighted by Crippen LogP contribution is 2.31. The Morgan fingerprint density at radius 1 is 1.12 bits per heavy atom. The van der Waals surface area contributed by atoms with Crippen LogP contribution in [0.1, 0.15) is 5.56 Å². The van der Waals surface area contributed by atoms with Crippen LogP contribution in [0.4, 0.5) is 10.5 Å². The summed E-state index contributed by atoms with van der Waals surface area (Å²) in [7, 11) is 3.13. The molecule has 0 radical (unpaired) electrons. The molecule has 0 aliphatic carbocycles. The first-order valence-electron chi connectivity index (χ1n) is 10.1. The number of carbonyl (C=O) groups excluding carboxylic acids is 3. The van der Waals surface area contributed by atoms with Gasteiger partial charge in [-0.2, -0.15) is 0 Å². The number of aliphatic imine (C=N–C) groups is 1. The van der Waals surface area contributed by atoms with E-state index >= 15 is 0 Å². The third-order valence-electron chi connectivity index (χ3n) is 5.04. The number of anilines is 1. The van der Waals surface area contributed by atoms with Crippen molar-refractivity contribution >= 4 is 46.5 Å². The van der Waals surface area contributed by atoms with Crippen molar-refractivity contribution in [2.45, 2.75) is 0 Å². The maximum Gasteiger partial charge on any atom is 0.324 e. The van der Waals surface area contributed by atoms with Gasteiger partial charge in [-0.05, 0) is 35.9 Å². The number of nitrogens with zero attached hydrogens (tertiary/aromatic N) is 3. The Hall–Kier alpha value is -3.79. The predicted molar refractivity (Wildman–Crippen MR) is 126 cm³/mol. The molecule has 0 aromatic heterocycles. The number of benzene rings is 2. The number of nitrogens with one attached hydrogen (secondary N) is 1. The summed E-state index contributed by atoms with van der Waals surface area (Å²) >= 11 is 1.10. The molecule has 2 aliphatic heterocycles. The lowest BCUT2D eigenvalue weighted by molar-refractivity contribution is -0.124. The second kappa shape index (κ2) is 9.78. The van der Waals surface area contributed by atoms with Gasteiger partial charge in [0.1, 0.15) is 17.2 Å². The summed E-state index contributed by atoms with van der Waals surface area (Å²) in [5, 5.41) is 2.95. The van der Waals surface area contributed by atoms with Crippen molar-refractivity contribution in [2.75, 3.05) is 38.0 Å². The molecular weight excluding hydrogens is 444 g/mol. The van der Waals surface area contributed by atoms with Crippen LogP contribution in [0.25, 0.3) is 6.08 Å². The summed E-state index contributed by atoms with van der Waals surface area (Å²) in [6.45, 7) is 0.755. The second-order valence-electron chi connectivity index (χ2n) is 7.11. The predicted octanol–water partition coefficient (Wildman–Crippen LogP) is 2.73. The number of urea groups is 1. The van der Waals surface area contributed by atoms with Crippen molar-refractivity contribution in [1.29, 1.82) is 0 Å². The molecule has 0 bridgehead atoms. The monoisotopic (exact) mass is 466 g/mol. The highest BCUT2D eigenvalue weighted by Gasteiger charge is 2.34. The zero-order valence-electron chi connectivity index (χ0n) is 18.1. The number of hydrogen-bond donors (Lipinski definition) is 1. The number of ether oxygens (including phenoxy) is 2. The van der Waals surface area contributed by atoms with Crippen LogP contribution in [0.2, 0.25) is 0 Å². The smallest absolute Gasteiger partial charge is 0.324 e. The summed E-state index contributed by atoms with van der Waals surface area (Å²) < 4.78 is 10.5. The highest BCUT2D eigenvalue weighted by atomic mass is 32.2.